The van der Waals surface area contributed by atoms with Gasteiger partial charge >= 0.3 is 0 Å². The van der Waals surface area contributed by atoms with Gasteiger partial charge in [0.15, 0.2) is 0 Å². The molecule has 4 nitrogen and oxygen atoms in total. The topological polar surface area (TPSA) is 55.5 Å². The molecule has 0 bridgehead atoms. The van der Waals surface area contributed by atoms with E-state index < -0.39 is 4.92 Å². The van der Waals surface area contributed by atoms with Crippen molar-refractivity contribution < 1.29 is 4.92 Å². The maximum atomic E-state index is 10.5. The van der Waals surface area contributed by atoms with Gasteiger partial charge in [0.2, 0.25) is 0 Å². The first-order valence-electron chi connectivity index (χ1n) is 6.44. The highest BCUT2D eigenvalue weighted by Crippen LogP contribution is 2.10. The molecule has 0 aliphatic heterocycles. The van der Waals surface area contributed by atoms with Crippen LogP contribution in [0.15, 0.2) is 29.3 Å². The molecule has 0 amide bonds. The number of unbranched alkanes of at least 4 members (excludes halogenated alkanes) is 3. The van der Waals surface area contributed by atoms with Crippen LogP contribution in [0.4, 0.5) is 5.69 Å². The lowest BCUT2D eigenvalue weighted by Crippen LogP contribution is -1.88. The molecular weight excluding hydrogens is 240 g/mol. The number of nitrogens with zero attached hydrogens (tertiary/aromatic N) is 2. The van der Waals surface area contributed by atoms with E-state index in [1.54, 1.807) is 18.3 Å². The minimum absolute atomic E-state index is 0.0906. The van der Waals surface area contributed by atoms with Gasteiger partial charge < -0.3 is 0 Å². The summed E-state index contributed by atoms with van der Waals surface area (Å²) in [6.07, 6.45) is 6.20. The van der Waals surface area contributed by atoms with Gasteiger partial charge in [0.05, 0.1) is 11.5 Å². The second kappa shape index (κ2) is 8.87. The number of nitro groups is 1. The summed E-state index contributed by atoms with van der Waals surface area (Å²) in [6, 6.07) is 6.29. The fourth-order valence-corrected chi connectivity index (χ4v) is 1.49. The van der Waals surface area contributed by atoms with Crippen LogP contribution in [0.25, 0.3) is 0 Å². The first-order chi connectivity index (χ1) is 9.24. The van der Waals surface area contributed by atoms with Crippen LogP contribution in [0.5, 0.6) is 0 Å². The second-order valence-corrected chi connectivity index (χ2v) is 4.13. The largest absolute Gasteiger partial charge is 0.280 e. The highest BCUT2D eigenvalue weighted by Gasteiger charge is 2.01. The Kier molecular flexibility index (Phi) is 6.96. The van der Waals surface area contributed by atoms with Crippen molar-refractivity contribution in [1.82, 2.24) is 0 Å². The molecule has 0 aromatic heterocycles. The first-order valence-corrected chi connectivity index (χ1v) is 6.44. The molecule has 4 heteroatoms. The lowest BCUT2D eigenvalue weighted by Gasteiger charge is -1.92. The van der Waals surface area contributed by atoms with Crippen LogP contribution in [-0.4, -0.2) is 17.7 Å². The molecule has 0 fully saturated rings. The summed E-state index contributed by atoms with van der Waals surface area (Å²) in [4.78, 5) is 14.2. The van der Waals surface area contributed by atoms with Crippen LogP contribution in [-0.2, 0) is 0 Å². The quantitative estimate of drug-likeness (QED) is 0.257. The molecule has 1 rings (SSSR count). The van der Waals surface area contributed by atoms with Gasteiger partial charge in [-0.25, -0.2) is 0 Å². The van der Waals surface area contributed by atoms with Gasteiger partial charge in [-0.2, -0.15) is 0 Å². The number of hydrogen-bond acceptors (Lipinski definition) is 3. The molecule has 0 unspecified atom stereocenters. The molecule has 1 aromatic carbocycles. The minimum atomic E-state index is -0.414. The van der Waals surface area contributed by atoms with Gasteiger partial charge in [0.1, 0.15) is 0 Å². The molecule has 0 N–H and O–H groups in total. The third kappa shape index (κ3) is 6.37. The molecule has 0 aliphatic carbocycles. The van der Waals surface area contributed by atoms with E-state index in [0.717, 1.165) is 18.4 Å². The van der Waals surface area contributed by atoms with E-state index in [4.69, 9.17) is 0 Å². The molecule has 19 heavy (non-hydrogen) atoms. The van der Waals surface area contributed by atoms with Gasteiger partial charge in [-0.05, 0) is 24.1 Å². The molecular formula is C15H18N2O2. The van der Waals surface area contributed by atoms with E-state index in [2.05, 4.69) is 23.8 Å². The van der Waals surface area contributed by atoms with Crippen LogP contribution < -0.4 is 0 Å². The maximum absolute atomic E-state index is 10.5. The Balaban J connectivity index is 2.34. The van der Waals surface area contributed by atoms with E-state index in [-0.39, 0.29) is 5.69 Å². The van der Waals surface area contributed by atoms with Gasteiger partial charge in [0, 0.05) is 24.8 Å². The van der Waals surface area contributed by atoms with Gasteiger partial charge in [-0.15, -0.1) is 5.92 Å². The smallest absolute Gasteiger partial charge is 0.269 e. The second-order valence-electron chi connectivity index (χ2n) is 4.13. The van der Waals surface area contributed by atoms with E-state index >= 15 is 0 Å². The minimum Gasteiger partial charge on any atom is -0.280 e. The molecule has 0 radical (unpaired) electrons. The van der Waals surface area contributed by atoms with Crippen LogP contribution in [0.2, 0.25) is 0 Å². The van der Waals surface area contributed by atoms with Crippen molar-refractivity contribution in [3.05, 3.63) is 39.9 Å². The molecule has 0 saturated carbocycles. The Labute approximate surface area is 113 Å². The first kappa shape index (κ1) is 14.9. The van der Waals surface area contributed by atoms with Gasteiger partial charge in [-0.3, -0.25) is 15.1 Å². The predicted octanol–water partition coefficient (Wildman–Crippen LogP) is 3.60. The van der Waals surface area contributed by atoms with E-state index in [1.165, 1.54) is 25.0 Å². The lowest BCUT2D eigenvalue weighted by molar-refractivity contribution is -0.384. The number of benzene rings is 1. The normalized spacial score (nSPS) is 10.2. The Morgan fingerprint density at radius 3 is 2.63 bits per heavy atom. The number of rotatable bonds is 6. The molecule has 0 heterocycles. The fourth-order valence-electron chi connectivity index (χ4n) is 1.49. The summed E-state index contributed by atoms with van der Waals surface area (Å²) in [5, 5.41) is 10.5. The zero-order valence-corrected chi connectivity index (χ0v) is 11.1. The zero-order chi connectivity index (χ0) is 13.9. The SMILES string of the molecule is CCCCCC#CC/N=C/c1ccc([N+](=O)[O-])cc1. The Bertz CT molecular complexity index is 481. The van der Waals surface area contributed by atoms with Gasteiger partial charge in [-0.1, -0.05) is 25.7 Å². The summed E-state index contributed by atoms with van der Waals surface area (Å²) in [7, 11) is 0. The number of non-ortho nitro benzene ring substituents is 1. The molecule has 0 aliphatic rings. The molecule has 1 aromatic rings. The zero-order valence-electron chi connectivity index (χ0n) is 11.1. The van der Waals surface area contributed by atoms with Gasteiger partial charge in [0.25, 0.3) is 5.69 Å². The molecule has 0 atom stereocenters. The lowest BCUT2D eigenvalue weighted by atomic mass is 10.2. The maximum Gasteiger partial charge on any atom is 0.269 e. The number of nitro benzene ring substituents is 1. The average Bonchev–Trinajstić information content (AvgIpc) is 2.42. The van der Waals surface area contributed by atoms with Crippen molar-refractivity contribution in [3.8, 4) is 11.8 Å². The Morgan fingerprint density at radius 1 is 1.26 bits per heavy atom. The van der Waals surface area contributed by atoms with Crippen molar-refractivity contribution in [1.29, 1.82) is 0 Å². The summed E-state index contributed by atoms with van der Waals surface area (Å²) in [5.74, 6) is 6.07. The standard InChI is InChI=1S/C15H18N2O2/c1-2-3-4-5-6-7-12-16-13-14-8-10-15(11-9-14)17(18)19/h8-11,13H,2-5,12H2,1H3/b16-13+. The molecule has 0 saturated heterocycles. The van der Waals surface area contributed by atoms with Crippen molar-refractivity contribution in [2.45, 2.75) is 32.6 Å². The monoisotopic (exact) mass is 258 g/mol. The summed E-state index contributed by atoms with van der Waals surface area (Å²) < 4.78 is 0. The Hall–Kier alpha value is -2.15. The van der Waals surface area contributed by atoms with Crippen molar-refractivity contribution in [2.24, 2.45) is 4.99 Å². The Morgan fingerprint density at radius 2 is 2.00 bits per heavy atom. The summed E-state index contributed by atoms with van der Waals surface area (Å²) >= 11 is 0. The van der Waals surface area contributed by atoms with Crippen LogP contribution in [0, 0.1) is 22.0 Å². The van der Waals surface area contributed by atoms with E-state index in [9.17, 15) is 10.1 Å². The van der Waals surface area contributed by atoms with E-state index in [0.29, 0.717) is 6.54 Å². The summed E-state index contributed by atoms with van der Waals surface area (Å²) in [5.41, 5.74) is 0.936. The highest BCUT2D eigenvalue weighted by atomic mass is 16.6. The highest BCUT2D eigenvalue weighted by molar-refractivity contribution is 5.80. The third-order valence-electron chi connectivity index (χ3n) is 2.54. The molecule has 0 spiro atoms. The average molecular weight is 258 g/mol. The van der Waals surface area contributed by atoms with Crippen LogP contribution >= 0.6 is 0 Å². The van der Waals surface area contributed by atoms with Crippen LogP contribution in [0.3, 0.4) is 0 Å². The summed E-state index contributed by atoms with van der Waals surface area (Å²) in [6.45, 7) is 2.64. The van der Waals surface area contributed by atoms with Crippen molar-refractivity contribution in [2.75, 3.05) is 6.54 Å². The van der Waals surface area contributed by atoms with Crippen molar-refractivity contribution in [3.63, 3.8) is 0 Å². The van der Waals surface area contributed by atoms with E-state index in [1.807, 2.05) is 0 Å². The number of aliphatic imine (C=N–C) groups is 1. The molecule has 100 valence electrons. The predicted molar refractivity (Wildman–Crippen MR) is 77.5 cm³/mol. The van der Waals surface area contributed by atoms with Crippen molar-refractivity contribution >= 4 is 11.9 Å². The van der Waals surface area contributed by atoms with Crippen LogP contribution in [0.1, 0.15) is 38.2 Å². The third-order valence-corrected chi connectivity index (χ3v) is 2.54. The number of hydrogen-bond donors (Lipinski definition) is 0. The fraction of sp³-hybridized carbons (Fsp3) is 0.400.